The summed E-state index contributed by atoms with van der Waals surface area (Å²) in [6.45, 7) is 2.05. The lowest BCUT2D eigenvalue weighted by Gasteiger charge is -2.30. The van der Waals surface area contributed by atoms with E-state index in [-0.39, 0.29) is 25.5 Å². The first-order valence-corrected chi connectivity index (χ1v) is 11.6. The van der Waals surface area contributed by atoms with Gasteiger partial charge in [-0.25, -0.2) is 12.8 Å². The van der Waals surface area contributed by atoms with Gasteiger partial charge in [0.2, 0.25) is 17.6 Å². The smallest absolute Gasteiger partial charge is 0.343 e. The Morgan fingerprint density at radius 1 is 1.12 bits per heavy atom. The van der Waals surface area contributed by atoms with Crippen LogP contribution >= 0.6 is 0 Å². The van der Waals surface area contributed by atoms with E-state index in [0.717, 1.165) is 16.7 Å². The zero-order valence-corrected chi connectivity index (χ0v) is 18.5. The van der Waals surface area contributed by atoms with Gasteiger partial charge in [0.25, 0.3) is 0 Å². The minimum absolute atomic E-state index is 0.0457. The Balaban J connectivity index is 1.61. The minimum Gasteiger partial charge on any atom is -0.343 e. The monoisotopic (exact) mass is 491 g/mol. The summed E-state index contributed by atoms with van der Waals surface area (Å²) in [5.41, 5.74) is 0.302. The highest BCUT2D eigenvalue weighted by atomic mass is 32.2. The molecule has 0 saturated carbocycles. The molecular formula is C19H21F4N5O4S. The van der Waals surface area contributed by atoms with Gasteiger partial charge in [0.15, 0.2) is 15.7 Å². The van der Waals surface area contributed by atoms with Crippen molar-refractivity contribution in [3.8, 4) is 0 Å². The van der Waals surface area contributed by atoms with Crippen LogP contribution in [0.2, 0.25) is 0 Å². The summed E-state index contributed by atoms with van der Waals surface area (Å²) in [5, 5.41) is 7.48. The van der Waals surface area contributed by atoms with Crippen molar-refractivity contribution in [2.45, 2.75) is 50.2 Å². The number of benzene rings is 1. The zero-order valence-electron chi connectivity index (χ0n) is 17.6. The average molecular weight is 491 g/mol. The maximum absolute atomic E-state index is 13.0. The van der Waals surface area contributed by atoms with Crippen LogP contribution in [-0.4, -0.2) is 57.7 Å². The second-order valence-corrected chi connectivity index (χ2v) is 9.98. The van der Waals surface area contributed by atoms with E-state index in [1.54, 1.807) is 0 Å². The number of amides is 2. The van der Waals surface area contributed by atoms with Crippen LogP contribution in [0, 0.1) is 5.82 Å². The molecule has 14 heteroatoms. The normalized spacial score (nSPS) is 16.1. The number of hydrogen-bond acceptors (Lipinski definition) is 6. The Bertz CT molecular complexity index is 1150. The summed E-state index contributed by atoms with van der Waals surface area (Å²) < 4.78 is 77.8. The van der Waals surface area contributed by atoms with Gasteiger partial charge < -0.3 is 14.8 Å². The van der Waals surface area contributed by atoms with Gasteiger partial charge in [-0.1, -0.05) is 12.1 Å². The highest BCUT2D eigenvalue weighted by Gasteiger charge is 2.40. The molecule has 2 amide bonds. The van der Waals surface area contributed by atoms with Crippen molar-refractivity contribution in [1.29, 1.82) is 0 Å². The molecule has 1 aromatic carbocycles. The number of rotatable bonds is 6. The van der Waals surface area contributed by atoms with Gasteiger partial charge >= 0.3 is 6.18 Å². The summed E-state index contributed by atoms with van der Waals surface area (Å²) in [5.74, 6) is -3.72. The molecule has 2 aromatic rings. The summed E-state index contributed by atoms with van der Waals surface area (Å²) in [6, 6.07) is 3.67. The summed E-state index contributed by atoms with van der Waals surface area (Å²) in [6.07, 6.45) is -4.67. The average Bonchev–Trinajstić information content (AvgIpc) is 3.17. The predicted octanol–water partition coefficient (Wildman–Crippen LogP) is 1.29. The molecule has 0 spiro atoms. The van der Waals surface area contributed by atoms with Crippen LogP contribution in [-0.2, 0) is 44.4 Å². The molecule has 0 radical (unpaired) electrons. The lowest BCUT2D eigenvalue weighted by Crippen LogP contribution is -2.51. The van der Waals surface area contributed by atoms with Crippen molar-refractivity contribution in [3.05, 3.63) is 47.3 Å². The second-order valence-electron chi connectivity index (χ2n) is 7.66. The highest BCUT2D eigenvalue weighted by molar-refractivity contribution is 7.92. The van der Waals surface area contributed by atoms with Crippen molar-refractivity contribution >= 4 is 21.7 Å². The molecule has 3 rings (SSSR count). The Labute approximate surface area is 186 Å². The van der Waals surface area contributed by atoms with Gasteiger partial charge in [-0.15, -0.1) is 10.2 Å². The topological polar surface area (TPSA) is 114 Å². The fraction of sp³-hybridized carbons (Fsp3) is 0.474. The van der Waals surface area contributed by atoms with Crippen LogP contribution in [0.1, 0.15) is 31.1 Å². The van der Waals surface area contributed by atoms with E-state index in [1.165, 1.54) is 30.9 Å². The predicted molar refractivity (Wildman–Crippen MR) is 107 cm³/mol. The molecule has 1 aliphatic rings. The number of halogens is 4. The standard InChI is InChI=1S/C19H21F4N5O4S/c1-11(17(30)27-7-8-28-15(9-27)25-26-18(28)19(21,22)23)24-16(29)12(2)33(31,32)10-13-3-5-14(20)6-4-13/h3-6,11-12H,7-10H2,1-2H3,(H,24,29). The maximum atomic E-state index is 13.0. The molecule has 2 atom stereocenters. The number of nitrogens with zero attached hydrogens (tertiary/aromatic N) is 4. The third-order valence-electron chi connectivity index (χ3n) is 5.24. The minimum atomic E-state index is -4.67. The molecule has 180 valence electrons. The fourth-order valence-electron chi connectivity index (χ4n) is 3.32. The molecule has 1 aliphatic heterocycles. The van der Waals surface area contributed by atoms with Crippen molar-refractivity contribution in [2.75, 3.05) is 6.54 Å². The van der Waals surface area contributed by atoms with E-state index in [1.807, 2.05) is 0 Å². The number of fused-ring (bicyclic) bond motifs is 1. The maximum Gasteiger partial charge on any atom is 0.451 e. The SMILES string of the molecule is CC(NC(=O)C(C)S(=O)(=O)Cc1ccc(F)cc1)C(=O)N1CCn2c(nnc2C(F)(F)F)C1. The van der Waals surface area contributed by atoms with Gasteiger partial charge in [0, 0.05) is 13.1 Å². The van der Waals surface area contributed by atoms with Crippen molar-refractivity contribution in [3.63, 3.8) is 0 Å². The summed E-state index contributed by atoms with van der Waals surface area (Å²) in [7, 11) is -3.96. The number of carbonyl (C=O) groups is 2. The molecule has 1 aromatic heterocycles. The van der Waals surface area contributed by atoms with Crippen LogP contribution in [0.15, 0.2) is 24.3 Å². The first-order chi connectivity index (χ1) is 15.3. The van der Waals surface area contributed by atoms with E-state index in [9.17, 15) is 35.6 Å². The number of alkyl halides is 3. The van der Waals surface area contributed by atoms with Crippen LogP contribution in [0.5, 0.6) is 0 Å². The quantitative estimate of drug-likeness (QED) is 0.609. The van der Waals surface area contributed by atoms with E-state index >= 15 is 0 Å². The van der Waals surface area contributed by atoms with Crippen molar-refractivity contribution in [2.24, 2.45) is 0 Å². The molecular weight excluding hydrogens is 470 g/mol. The van der Waals surface area contributed by atoms with Crippen molar-refractivity contribution < 1.29 is 35.6 Å². The van der Waals surface area contributed by atoms with Crippen LogP contribution < -0.4 is 5.32 Å². The molecule has 2 unspecified atom stereocenters. The van der Waals surface area contributed by atoms with Gasteiger partial charge in [-0.2, -0.15) is 13.2 Å². The molecule has 0 saturated heterocycles. The Kier molecular flexibility index (Phi) is 6.77. The largest absolute Gasteiger partial charge is 0.451 e. The first-order valence-electron chi connectivity index (χ1n) is 9.84. The van der Waals surface area contributed by atoms with Crippen LogP contribution in [0.4, 0.5) is 17.6 Å². The van der Waals surface area contributed by atoms with E-state index < -0.39 is 56.5 Å². The number of hydrogen-bond donors (Lipinski definition) is 1. The second kappa shape index (κ2) is 9.08. The first kappa shape index (κ1) is 24.6. The number of aromatic nitrogens is 3. The van der Waals surface area contributed by atoms with E-state index in [0.29, 0.717) is 5.56 Å². The Hall–Kier alpha value is -3.03. The molecule has 9 nitrogen and oxygen atoms in total. The van der Waals surface area contributed by atoms with Crippen LogP contribution in [0.3, 0.4) is 0 Å². The molecule has 0 aliphatic carbocycles. The summed E-state index contributed by atoms with van der Waals surface area (Å²) in [4.78, 5) is 26.4. The van der Waals surface area contributed by atoms with Gasteiger partial charge in [-0.05, 0) is 31.5 Å². The molecule has 2 heterocycles. The molecule has 33 heavy (non-hydrogen) atoms. The number of nitrogens with one attached hydrogen (secondary N) is 1. The van der Waals surface area contributed by atoms with E-state index in [2.05, 4.69) is 15.5 Å². The number of sulfone groups is 1. The Morgan fingerprint density at radius 2 is 1.76 bits per heavy atom. The van der Waals surface area contributed by atoms with E-state index in [4.69, 9.17) is 0 Å². The van der Waals surface area contributed by atoms with Gasteiger partial charge in [-0.3, -0.25) is 9.59 Å². The third-order valence-corrected chi connectivity index (χ3v) is 7.26. The summed E-state index contributed by atoms with van der Waals surface area (Å²) >= 11 is 0. The number of carbonyl (C=O) groups excluding carboxylic acids is 2. The molecule has 0 fully saturated rings. The molecule has 1 N–H and O–H groups in total. The lowest BCUT2D eigenvalue weighted by atomic mass is 10.2. The van der Waals surface area contributed by atoms with Crippen molar-refractivity contribution in [1.82, 2.24) is 25.0 Å². The lowest BCUT2D eigenvalue weighted by molar-refractivity contribution is -0.148. The zero-order chi connectivity index (χ0) is 24.6. The van der Waals surface area contributed by atoms with Gasteiger partial charge in [0.1, 0.15) is 17.1 Å². The van der Waals surface area contributed by atoms with Gasteiger partial charge in [0.05, 0.1) is 12.3 Å². The fourth-order valence-corrected chi connectivity index (χ4v) is 4.62. The van der Waals surface area contributed by atoms with Crippen LogP contribution in [0.25, 0.3) is 0 Å². The highest BCUT2D eigenvalue weighted by Crippen LogP contribution is 2.29. The Morgan fingerprint density at radius 3 is 2.36 bits per heavy atom. The molecule has 0 bridgehead atoms. The third kappa shape index (κ3) is 5.49.